The van der Waals surface area contributed by atoms with Crippen molar-refractivity contribution >= 4 is 11.8 Å². The Labute approximate surface area is 163 Å². The number of nitrogens with zero attached hydrogens (tertiary/aromatic N) is 5. The monoisotopic (exact) mass is 381 g/mol. The maximum atomic E-state index is 12.7. The number of rotatable bonds is 3. The molecule has 2 amide bonds. The first kappa shape index (κ1) is 18.5. The van der Waals surface area contributed by atoms with Gasteiger partial charge in [-0.25, -0.2) is 9.97 Å². The van der Waals surface area contributed by atoms with Crippen LogP contribution in [0.4, 0.5) is 0 Å². The lowest BCUT2D eigenvalue weighted by molar-refractivity contribution is -0.141. The molecule has 4 rings (SSSR count). The van der Waals surface area contributed by atoms with Gasteiger partial charge in [0.05, 0.1) is 18.8 Å². The van der Waals surface area contributed by atoms with Gasteiger partial charge >= 0.3 is 0 Å². The zero-order chi connectivity index (χ0) is 19.3. The van der Waals surface area contributed by atoms with E-state index in [0.717, 1.165) is 5.56 Å². The van der Waals surface area contributed by atoms with Crippen LogP contribution in [0.3, 0.4) is 0 Å². The fraction of sp³-hybridized carbons (Fsp3) is 0.450. The first-order valence-corrected chi connectivity index (χ1v) is 9.60. The van der Waals surface area contributed by atoms with Crippen molar-refractivity contribution in [3.05, 3.63) is 42.5 Å². The van der Waals surface area contributed by atoms with Crippen molar-refractivity contribution in [2.75, 3.05) is 39.4 Å². The normalized spacial score (nSPS) is 18.1. The number of amides is 2. The van der Waals surface area contributed by atoms with Crippen LogP contribution in [-0.4, -0.2) is 76.0 Å². The quantitative estimate of drug-likeness (QED) is 0.795. The molecule has 2 fully saturated rings. The summed E-state index contributed by atoms with van der Waals surface area (Å²) in [5, 5.41) is 0. The standard InChI is InChI=1S/C20H23N5O3/c26-19(25-8-10-28-11-9-25)15-3-6-24(7-4-15)20(27)17-13-22-18(23-14-17)16-2-1-5-21-12-16/h1-2,5,12-15H,3-4,6-11H2. The predicted octanol–water partition coefficient (Wildman–Crippen LogP) is 1.25. The third kappa shape index (κ3) is 4.01. The number of aromatic nitrogens is 3. The van der Waals surface area contributed by atoms with Crippen molar-refractivity contribution in [3.8, 4) is 11.4 Å². The maximum absolute atomic E-state index is 12.7. The van der Waals surface area contributed by atoms with Crippen LogP contribution >= 0.6 is 0 Å². The summed E-state index contributed by atoms with van der Waals surface area (Å²) in [6.45, 7) is 3.70. The average molecular weight is 381 g/mol. The topological polar surface area (TPSA) is 88.5 Å². The van der Waals surface area contributed by atoms with E-state index in [1.54, 1.807) is 29.7 Å². The molecule has 146 valence electrons. The van der Waals surface area contributed by atoms with Crippen molar-refractivity contribution in [3.63, 3.8) is 0 Å². The highest BCUT2D eigenvalue weighted by Gasteiger charge is 2.31. The zero-order valence-electron chi connectivity index (χ0n) is 15.7. The second-order valence-corrected chi connectivity index (χ2v) is 7.04. The van der Waals surface area contributed by atoms with E-state index in [9.17, 15) is 9.59 Å². The minimum absolute atomic E-state index is 0.00800. The fourth-order valence-electron chi connectivity index (χ4n) is 3.64. The van der Waals surface area contributed by atoms with Gasteiger partial charge in [0.2, 0.25) is 5.91 Å². The first-order valence-electron chi connectivity index (χ1n) is 9.60. The van der Waals surface area contributed by atoms with E-state index in [1.807, 2.05) is 17.0 Å². The SMILES string of the molecule is O=C(c1cnc(-c2cccnc2)nc1)N1CCC(C(=O)N2CCOCC2)CC1. The van der Waals surface area contributed by atoms with Crippen LogP contribution in [0.25, 0.3) is 11.4 Å². The highest BCUT2D eigenvalue weighted by atomic mass is 16.5. The third-order valence-corrected chi connectivity index (χ3v) is 5.27. The number of piperidine rings is 1. The van der Waals surface area contributed by atoms with E-state index in [-0.39, 0.29) is 17.7 Å². The Morgan fingerprint density at radius 1 is 0.964 bits per heavy atom. The third-order valence-electron chi connectivity index (χ3n) is 5.27. The molecule has 0 unspecified atom stereocenters. The minimum atomic E-state index is -0.0880. The lowest BCUT2D eigenvalue weighted by atomic mass is 9.94. The van der Waals surface area contributed by atoms with E-state index >= 15 is 0 Å². The second kappa shape index (κ2) is 8.43. The number of carbonyl (C=O) groups is 2. The summed E-state index contributed by atoms with van der Waals surface area (Å²) < 4.78 is 5.31. The summed E-state index contributed by atoms with van der Waals surface area (Å²) in [6.07, 6.45) is 7.88. The van der Waals surface area contributed by atoms with Gasteiger partial charge in [0.25, 0.3) is 5.91 Å². The van der Waals surface area contributed by atoms with E-state index in [1.165, 1.54) is 0 Å². The number of morpholine rings is 1. The molecule has 0 aromatic carbocycles. The molecule has 28 heavy (non-hydrogen) atoms. The van der Waals surface area contributed by atoms with Crippen molar-refractivity contribution < 1.29 is 14.3 Å². The van der Waals surface area contributed by atoms with Gasteiger partial charge in [-0.1, -0.05) is 0 Å². The lowest BCUT2D eigenvalue weighted by Gasteiger charge is -2.35. The van der Waals surface area contributed by atoms with E-state index in [0.29, 0.717) is 63.6 Å². The Morgan fingerprint density at radius 2 is 1.68 bits per heavy atom. The zero-order valence-corrected chi connectivity index (χ0v) is 15.7. The molecule has 8 nitrogen and oxygen atoms in total. The molecule has 2 aliphatic heterocycles. The summed E-state index contributed by atoms with van der Waals surface area (Å²) in [7, 11) is 0. The molecule has 2 aromatic heterocycles. The minimum Gasteiger partial charge on any atom is -0.378 e. The first-order chi connectivity index (χ1) is 13.7. The molecule has 0 saturated carbocycles. The summed E-state index contributed by atoms with van der Waals surface area (Å²) in [5.74, 6) is 0.639. The number of hydrogen-bond acceptors (Lipinski definition) is 6. The van der Waals surface area contributed by atoms with Gasteiger partial charge in [-0.2, -0.15) is 0 Å². The molecule has 0 aliphatic carbocycles. The van der Waals surface area contributed by atoms with Crippen LogP contribution in [0.5, 0.6) is 0 Å². The van der Waals surface area contributed by atoms with Crippen molar-refractivity contribution in [2.24, 2.45) is 5.92 Å². The Balaban J connectivity index is 1.34. The molecule has 4 heterocycles. The Hall–Kier alpha value is -2.87. The van der Waals surface area contributed by atoms with Gasteiger partial charge in [0.15, 0.2) is 5.82 Å². The summed E-state index contributed by atoms with van der Waals surface area (Å²) in [4.78, 5) is 41.7. The molecule has 2 aromatic rings. The second-order valence-electron chi connectivity index (χ2n) is 7.04. The number of hydrogen-bond donors (Lipinski definition) is 0. The molecule has 8 heteroatoms. The molecule has 0 atom stereocenters. The van der Waals surface area contributed by atoms with Crippen molar-refractivity contribution in [2.45, 2.75) is 12.8 Å². The van der Waals surface area contributed by atoms with E-state index in [4.69, 9.17) is 4.74 Å². The summed E-state index contributed by atoms with van der Waals surface area (Å²) in [6, 6.07) is 3.69. The van der Waals surface area contributed by atoms with E-state index in [2.05, 4.69) is 15.0 Å². The van der Waals surface area contributed by atoms with Crippen LogP contribution in [-0.2, 0) is 9.53 Å². The highest BCUT2D eigenvalue weighted by Crippen LogP contribution is 2.22. The molecule has 2 aliphatic rings. The Bertz CT molecular complexity index is 813. The highest BCUT2D eigenvalue weighted by molar-refractivity contribution is 5.94. The number of carbonyl (C=O) groups excluding carboxylic acids is 2. The molecule has 0 spiro atoms. The summed E-state index contributed by atoms with van der Waals surface area (Å²) in [5.41, 5.74) is 1.27. The smallest absolute Gasteiger partial charge is 0.256 e. The van der Waals surface area contributed by atoms with Gasteiger partial charge in [0, 0.05) is 62.4 Å². The van der Waals surface area contributed by atoms with Crippen LogP contribution in [0.1, 0.15) is 23.2 Å². The molecule has 0 N–H and O–H groups in total. The Morgan fingerprint density at radius 3 is 2.32 bits per heavy atom. The fourth-order valence-corrected chi connectivity index (χ4v) is 3.64. The number of pyridine rings is 1. The van der Waals surface area contributed by atoms with Gasteiger partial charge in [0.1, 0.15) is 0 Å². The summed E-state index contributed by atoms with van der Waals surface area (Å²) >= 11 is 0. The largest absolute Gasteiger partial charge is 0.378 e. The number of ether oxygens (including phenoxy) is 1. The van der Waals surface area contributed by atoms with Crippen LogP contribution in [0, 0.1) is 5.92 Å². The van der Waals surface area contributed by atoms with Gasteiger partial charge in [-0.3, -0.25) is 14.6 Å². The lowest BCUT2D eigenvalue weighted by Crippen LogP contribution is -2.47. The average Bonchev–Trinajstić information content (AvgIpc) is 2.79. The molecular formula is C20H23N5O3. The van der Waals surface area contributed by atoms with Crippen LogP contribution in [0.15, 0.2) is 36.9 Å². The van der Waals surface area contributed by atoms with E-state index < -0.39 is 0 Å². The van der Waals surface area contributed by atoms with Crippen LogP contribution in [0.2, 0.25) is 0 Å². The predicted molar refractivity (Wildman–Crippen MR) is 101 cm³/mol. The molecular weight excluding hydrogens is 358 g/mol. The molecule has 2 saturated heterocycles. The molecule has 0 bridgehead atoms. The molecule has 0 radical (unpaired) electrons. The van der Waals surface area contributed by atoms with Crippen molar-refractivity contribution in [1.82, 2.24) is 24.8 Å². The number of likely N-dealkylation sites (tertiary alicyclic amines) is 1. The van der Waals surface area contributed by atoms with Crippen molar-refractivity contribution in [1.29, 1.82) is 0 Å². The van der Waals surface area contributed by atoms with Gasteiger partial charge in [-0.15, -0.1) is 0 Å². The Kier molecular flexibility index (Phi) is 5.57. The van der Waals surface area contributed by atoms with Gasteiger partial charge < -0.3 is 14.5 Å². The van der Waals surface area contributed by atoms with Gasteiger partial charge in [-0.05, 0) is 25.0 Å². The van der Waals surface area contributed by atoms with Crippen LogP contribution < -0.4 is 0 Å². The maximum Gasteiger partial charge on any atom is 0.256 e.